The van der Waals surface area contributed by atoms with Crippen LogP contribution in [0.1, 0.15) is 25.7 Å². The maximum Gasteiger partial charge on any atom is 0.227 e. The molecule has 4 rings (SSSR count). The first-order chi connectivity index (χ1) is 11.7. The van der Waals surface area contributed by atoms with Crippen LogP contribution in [-0.4, -0.2) is 75.8 Å². The average molecular weight is 335 g/mol. The van der Waals surface area contributed by atoms with Crippen molar-refractivity contribution in [3.05, 3.63) is 12.7 Å². The van der Waals surface area contributed by atoms with Crippen LogP contribution in [0.25, 0.3) is 0 Å². The van der Waals surface area contributed by atoms with Gasteiger partial charge in [-0.3, -0.25) is 14.3 Å². The zero-order valence-electron chi connectivity index (χ0n) is 14.1. The molecule has 0 unspecified atom stereocenters. The van der Waals surface area contributed by atoms with Crippen molar-refractivity contribution in [2.24, 2.45) is 5.92 Å². The van der Waals surface area contributed by atoms with Crippen LogP contribution in [-0.2, 0) is 20.9 Å². The summed E-state index contributed by atoms with van der Waals surface area (Å²) >= 11 is 0. The summed E-state index contributed by atoms with van der Waals surface area (Å²) in [4.78, 5) is 32.8. The summed E-state index contributed by atoms with van der Waals surface area (Å²) in [7, 11) is 1.64. The van der Waals surface area contributed by atoms with Crippen molar-refractivity contribution in [3.8, 4) is 0 Å². The normalized spacial score (nSPS) is 23.6. The second kappa shape index (κ2) is 7.74. The molecule has 3 saturated heterocycles. The molecule has 0 radical (unpaired) electrons. The maximum absolute atomic E-state index is 12.6. The smallest absolute Gasteiger partial charge is 0.227 e. The molecule has 2 bridgehead atoms. The largest absolute Gasteiger partial charge is 0.383 e. The molecule has 0 aliphatic carbocycles. The number of carbonyl (C=O) groups excluding carboxylic acids is 2. The lowest BCUT2D eigenvalue weighted by molar-refractivity contribution is -0.140. The second-order valence-electron chi connectivity index (χ2n) is 6.51. The molecule has 4 heterocycles. The minimum atomic E-state index is -0.0557. The molecule has 1 aromatic heterocycles. The number of ether oxygens (including phenoxy) is 1. The standard InChI is InChI=1S/C16H25N5O3/c1-24-8-7-21-14-5-4-13(16(21)23)9-19(10-14)15(22)3-2-6-20-12-17-11-18-20/h11-14H,2-10H2,1H3/t13-,14+/m0/s1. The van der Waals surface area contributed by atoms with Gasteiger partial charge in [-0.2, -0.15) is 5.10 Å². The predicted molar refractivity (Wildman–Crippen MR) is 85.9 cm³/mol. The van der Waals surface area contributed by atoms with E-state index >= 15 is 0 Å². The Kier molecular flexibility index (Phi) is 5.44. The molecule has 0 saturated carbocycles. The van der Waals surface area contributed by atoms with E-state index in [2.05, 4.69) is 10.1 Å². The number of piperidine rings is 1. The third kappa shape index (κ3) is 3.75. The number of amides is 2. The van der Waals surface area contributed by atoms with Gasteiger partial charge in [0, 0.05) is 45.8 Å². The van der Waals surface area contributed by atoms with E-state index in [4.69, 9.17) is 4.74 Å². The molecular formula is C16H25N5O3. The molecular weight excluding hydrogens is 310 g/mol. The SMILES string of the molecule is COCCN1C(=O)[C@H]2CC[C@@H]1CN(C(=O)CCCn1cncn1)C2. The van der Waals surface area contributed by atoms with Crippen molar-refractivity contribution >= 4 is 11.8 Å². The van der Waals surface area contributed by atoms with Gasteiger partial charge in [-0.05, 0) is 19.3 Å². The van der Waals surface area contributed by atoms with Gasteiger partial charge in [-0.1, -0.05) is 0 Å². The third-order valence-corrected chi connectivity index (χ3v) is 4.93. The number of rotatable bonds is 7. The minimum Gasteiger partial charge on any atom is -0.383 e. The highest BCUT2D eigenvalue weighted by Crippen LogP contribution is 2.29. The Morgan fingerprint density at radius 2 is 2.21 bits per heavy atom. The number of nitrogens with zero attached hydrogens (tertiary/aromatic N) is 5. The van der Waals surface area contributed by atoms with Gasteiger partial charge in [-0.25, -0.2) is 4.98 Å². The summed E-state index contributed by atoms with van der Waals surface area (Å²) in [6.45, 7) is 3.05. The molecule has 0 N–H and O–H groups in total. The Morgan fingerprint density at radius 3 is 2.96 bits per heavy atom. The summed E-state index contributed by atoms with van der Waals surface area (Å²) in [6.07, 6.45) is 6.22. The molecule has 0 aromatic carbocycles. The van der Waals surface area contributed by atoms with E-state index in [9.17, 15) is 9.59 Å². The Labute approximate surface area is 141 Å². The lowest BCUT2D eigenvalue weighted by Crippen LogP contribution is -2.49. The molecule has 8 nitrogen and oxygen atoms in total. The van der Waals surface area contributed by atoms with Crippen LogP contribution in [0.5, 0.6) is 0 Å². The van der Waals surface area contributed by atoms with Gasteiger partial charge < -0.3 is 14.5 Å². The highest BCUT2D eigenvalue weighted by atomic mass is 16.5. The molecule has 2 atom stereocenters. The average Bonchev–Trinajstić information content (AvgIpc) is 2.94. The zero-order valence-corrected chi connectivity index (χ0v) is 14.1. The highest BCUT2D eigenvalue weighted by Gasteiger charge is 2.41. The Balaban J connectivity index is 1.55. The molecule has 3 aliphatic rings. The van der Waals surface area contributed by atoms with Gasteiger partial charge in [0.05, 0.1) is 12.5 Å². The number of fused-ring (bicyclic) bond motifs is 4. The van der Waals surface area contributed by atoms with Gasteiger partial charge in [-0.15, -0.1) is 0 Å². The number of hydrogen-bond donors (Lipinski definition) is 0. The molecule has 2 amide bonds. The van der Waals surface area contributed by atoms with Crippen molar-refractivity contribution in [3.63, 3.8) is 0 Å². The van der Waals surface area contributed by atoms with Crippen LogP contribution >= 0.6 is 0 Å². The molecule has 1 aromatic rings. The first kappa shape index (κ1) is 16.9. The first-order valence-corrected chi connectivity index (χ1v) is 8.58. The lowest BCUT2D eigenvalue weighted by Gasteiger charge is -2.35. The third-order valence-electron chi connectivity index (χ3n) is 4.93. The number of carbonyl (C=O) groups is 2. The van der Waals surface area contributed by atoms with Crippen molar-refractivity contribution < 1.29 is 14.3 Å². The Bertz CT molecular complexity index is 562. The summed E-state index contributed by atoms with van der Waals surface area (Å²) in [5.41, 5.74) is 0. The van der Waals surface area contributed by atoms with E-state index in [1.165, 1.54) is 6.33 Å². The fourth-order valence-electron chi connectivity index (χ4n) is 3.63. The van der Waals surface area contributed by atoms with E-state index < -0.39 is 0 Å². The monoisotopic (exact) mass is 335 g/mol. The van der Waals surface area contributed by atoms with E-state index in [1.807, 2.05) is 9.80 Å². The summed E-state index contributed by atoms with van der Waals surface area (Å²) < 4.78 is 6.85. The topological polar surface area (TPSA) is 80.6 Å². The van der Waals surface area contributed by atoms with Crippen molar-refractivity contribution in [1.29, 1.82) is 0 Å². The summed E-state index contributed by atoms with van der Waals surface area (Å²) in [6, 6.07) is 0.130. The number of aryl methyl sites for hydroxylation is 1. The first-order valence-electron chi connectivity index (χ1n) is 8.58. The Morgan fingerprint density at radius 1 is 1.33 bits per heavy atom. The zero-order chi connectivity index (χ0) is 16.9. The van der Waals surface area contributed by atoms with Crippen LogP contribution in [0, 0.1) is 5.92 Å². The van der Waals surface area contributed by atoms with E-state index in [0.717, 1.165) is 19.3 Å². The van der Waals surface area contributed by atoms with Crippen molar-refractivity contribution in [1.82, 2.24) is 24.6 Å². The van der Waals surface area contributed by atoms with Gasteiger partial charge in [0.15, 0.2) is 0 Å². The van der Waals surface area contributed by atoms with Gasteiger partial charge in [0.2, 0.25) is 11.8 Å². The van der Waals surface area contributed by atoms with E-state index in [-0.39, 0.29) is 23.8 Å². The summed E-state index contributed by atoms with van der Waals surface area (Å²) in [5.74, 6) is 0.259. The van der Waals surface area contributed by atoms with Crippen molar-refractivity contribution in [2.75, 3.05) is 33.4 Å². The van der Waals surface area contributed by atoms with Crippen molar-refractivity contribution in [2.45, 2.75) is 38.3 Å². The van der Waals surface area contributed by atoms with Crippen LogP contribution in [0.4, 0.5) is 0 Å². The predicted octanol–water partition coefficient (Wildman–Crippen LogP) is 0.154. The maximum atomic E-state index is 12.6. The fraction of sp³-hybridized carbons (Fsp3) is 0.750. The molecule has 3 fully saturated rings. The molecule has 24 heavy (non-hydrogen) atoms. The second-order valence-corrected chi connectivity index (χ2v) is 6.51. The van der Waals surface area contributed by atoms with Crippen LogP contribution < -0.4 is 0 Å². The van der Waals surface area contributed by atoms with Crippen LogP contribution in [0.2, 0.25) is 0 Å². The number of hydrogen-bond acceptors (Lipinski definition) is 5. The summed E-state index contributed by atoms with van der Waals surface area (Å²) in [5, 5.41) is 4.04. The Hall–Kier alpha value is -1.96. The van der Waals surface area contributed by atoms with Crippen LogP contribution in [0.15, 0.2) is 12.7 Å². The number of aromatic nitrogens is 3. The lowest BCUT2D eigenvalue weighted by atomic mass is 9.94. The quantitative estimate of drug-likeness (QED) is 0.709. The number of methoxy groups -OCH3 is 1. The molecule has 132 valence electrons. The minimum absolute atomic E-state index is 0.0557. The fourth-order valence-corrected chi connectivity index (χ4v) is 3.63. The van der Waals surface area contributed by atoms with E-state index in [1.54, 1.807) is 18.1 Å². The molecule has 8 heteroatoms. The highest BCUT2D eigenvalue weighted by molar-refractivity contribution is 5.83. The molecule has 3 aliphatic heterocycles. The molecule has 0 spiro atoms. The van der Waals surface area contributed by atoms with Crippen LogP contribution in [0.3, 0.4) is 0 Å². The van der Waals surface area contributed by atoms with Gasteiger partial charge in [0.25, 0.3) is 0 Å². The van der Waals surface area contributed by atoms with E-state index in [0.29, 0.717) is 39.2 Å². The van der Waals surface area contributed by atoms with Gasteiger partial charge >= 0.3 is 0 Å². The van der Waals surface area contributed by atoms with Gasteiger partial charge in [0.1, 0.15) is 12.7 Å².